The lowest BCUT2D eigenvalue weighted by molar-refractivity contribution is 0.593. The van der Waals surface area contributed by atoms with Gasteiger partial charge in [0, 0.05) is 19.8 Å². The number of nitrogens with zero attached hydrogens (tertiary/aromatic N) is 1. The van der Waals surface area contributed by atoms with Crippen LogP contribution in [0.25, 0.3) is 0 Å². The monoisotopic (exact) mass is 406 g/mol. The van der Waals surface area contributed by atoms with Crippen molar-refractivity contribution in [2.45, 2.75) is 6.04 Å². The molecular weight excluding hydrogens is 398 g/mol. The number of halogens is 3. The van der Waals surface area contributed by atoms with E-state index >= 15 is 0 Å². The van der Waals surface area contributed by atoms with Crippen molar-refractivity contribution in [1.82, 2.24) is 4.98 Å². The van der Waals surface area contributed by atoms with E-state index in [2.05, 4.69) is 43.5 Å². The summed E-state index contributed by atoms with van der Waals surface area (Å²) in [6.07, 6.45) is 2.73. The second-order valence-electron chi connectivity index (χ2n) is 3.54. The summed E-state index contributed by atoms with van der Waals surface area (Å²) in [6, 6.07) is 6.91. The van der Waals surface area contributed by atoms with Gasteiger partial charge in [0.15, 0.2) is 0 Å². The molecule has 2 aromatic rings. The van der Waals surface area contributed by atoms with Crippen molar-refractivity contribution in [3.8, 4) is 0 Å². The molecule has 0 amide bonds. The van der Waals surface area contributed by atoms with E-state index in [-0.39, 0.29) is 5.82 Å². The third kappa shape index (κ3) is 2.83. The van der Waals surface area contributed by atoms with Crippen LogP contribution in [0.15, 0.2) is 41.1 Å². The van der Waals surface area contributed by atoms with Crippen LogP contribution in [-0.4, -0.2) is 4.98 Å². The Morgan fingerprint density at radius 3 is 2.76 bits per heavy atom. The van der Waals surface area contributed by atoms with Crippen molar-refractivity contribution < 1.29 is 4.39 Å². The maximum atomic E-state index is 13.6. The third-order valence-electron chi connectivity index (χ3n) is 2.43. The van der Waals surface area contributed by atoms with Crippen LogP contribution in [0.4, 0.5) is 4.39 Å². The second kappa shape index (κ2) is 5.41. The molecule has 0 aliphatic heterocycles. The molecule has 2 nitrogen and oxygen atoms in total. The maximum absolute atomic E-state index is 13.6. The molecule has 1 unspecified atom stereocenters. The number of pyridine rings is 1. The molecule has 1 heterocycles. The number of benzene rings is 1. The molecule has 0 radical (unpaired) electrons. The summed E-state index contributed by atoms with van der Waals surface area (Å²) in [5, 5.41) is 0. The minimum Gasteiger partial charge on any atom is -0.320 e. The highest BCUT2D eigenvalue weighted by Gasteiger charge is 2.16. The Kier molecular flexibility index (Phi) is 4.11. The van der Waals surface area contributed by atoms with E-state index in [4.69, 9.17) is 5.73 Å². The Hall–Kier alpha value is -0.530. The number of hydrogen-bond donors (Lipinski definition) is 1. The summed E-state index contributed by atoms with van der Waals surface area (Å²) < 4.78 is 15.5. The zero-order chi connectivity index (χ0) is 12.4. The van der Waals surface area contributed by atoms with Crippen molar-refractivity contribution in [3.63, 3.8) is 0 Å². The highest BCUT2D eigenvalue weighted by molar-refractivity contribution is 14.1. The molecule has 0 saturated carbocycles. The zero-order valence-electron chi connectivity index (χ0n) is 8.70. The van der Waals surface area contributed by atoms with Gasteiger partial charge in [0.25, 0.3) is 0 Å². The van der Waals surface area contributed by atoms with Crippen molar-refractivity contribution in [3.05, 3.63) is 61.6 Å². The molecule has 0 fully saturated rings. The standard InChI is InChI=1S/C12H9BrFIN2/c13-7-1-2-11(15)9(5-7)12(16)8-3-4-17-6-10(8)14/h1-6,12H,16H2. The predicted molar refractivity (Wildman–Crippen MR) is 77.1 cm³/mol. The highest BCUT2D eigenvalue weighted by Crippen LogP contribution is 2.28. The second-order valence-corrected chi connectivity index (χ2v) is 5.62. The summed E-state index contributed by atoms with van der Waals surface area (Å²) in [7, 11) is 0. The molecule has 5 heteroatoms. The first kappa shape index (κ1) is 12.9. The smallest absolute Gasteiger partial charge is 0.146 e. The predicted octanol–water partition coefficient (Wildman–Crippen LogP) is 3.64. The molecule has 0 spiro atoms. The Labute approximate surface area is 121 Å². The summed E-state index contributed by atoms with van der Waals surface area (Å²) in [4.78, 5) is 3.72. The van der Waals surface area contributed by atoms with Gasteiger partial charge in [0.2, 0.25) is 0 Å². The van der Waals surface area contributed by atoms with Crippen LogP contribution < -0.4 is 5.73 Å². The molecule has 0 aliphatic rings. The number of nitrogens with two attached hydrogens (primary N) is 1. The van der Waals surface area contributed by atoms with Gasteiger partial charge in [0.05, 0.1) is 12.2 Å². The van der Waals surface area contributed by atoms with Crippen LogP contribution in [-0.2, 0) is 0 Å². The summed E-state index contributed by atoms with van der Waals surface area (Å²) in [5.74, 6) is -0.379. The van der Waals surface area contributed by atoms with Crippen LogP contribution in [0, 0.1) is 9.39 Å². The summed E-state index contributed by atoms with van der Waals surface area (Å²) in [6.45, 7) is 0. The topological polar surface area (TPSA) is 38.9 Å². The van der Waals surface area contributed by atoms with Crippen molar-refractivity contribution in [2.24, 2.45) is 5.73 Å². The van der Waals surface area contributed by atoms with Gasteiger partial charge < -0.3 is 5.73 Å². The Balaban J connectivity index is 2.47. The fraction of sp³-hybridized carbons (Fsp3) is 0.0833. The van der Waals surface area contributed by atoms with Crippen LogP contribution in [0.2, 0.25) is 0 Å². The molecule has 1 atom stereocenters. The average Bonchev–Trinajstić information content (AvgIpc) is 2.32. The van der Waals surface area contributed by atoms with Gasteiger partial charge in [-0.05, 0) is 52.4 Å². The number of rotatable bonds is 2. The van der Waals surface area contributed by atoms with Gasteiger partial charge in [-0.1, -0.05) is 15.9 Å². The first-order chi connectivity index (χ1) is 8.09. The summed E-state index contributed by atoms with van der Waals surface area (Å²) >= 11 is 5.58. The lowest BCUT2D eigenvalue weighted by Crippen LogP contribution is -2.15. The van der Waals surface area contributed by atoms with E-state index in [1.807, 2.05) is 18.2 Å². The van der Waals surface area contributed by atoms with Crippen LogP contribution in [0.3, 0.4) is 0 Å². The Morgan fingerprint density at radius 1 is 1.29 bits per heavy atom. The molecule has 1 aromatic carbocycles. The first-order valence-corrected chi connectivity index (χ1v) is 6.76. The fourth-order valence-electron chi connectivity index (χ4n) is 1.56. The van der Waals surface area contributed by atoms with E-state index in [9.17, 15) is 4.39 Å². The quantitative estimate of drug-likeness (QED) is 0.773. The van der Waals surface area contributed by atoms with Gasteiger partial charge in [-0.25, -0.2) is 4.39 Å². The van der Waals surface area contributed by atoms with Crippen molar-refractivity contribution >= 4 is 38.5 Å². The molecular formula is C12H9BrFIN2. The lowest BCUT2D eigenvalue weighted by atomic mass is 10.0. The molecule has 17 heavy (non-hydrogen) atoms. The lowest BCUT2D eigenvalue weighted by Gasteiger charge is -2.15. The highest BCUT2D eigenvalue weighted by atomic mass is 127. The van der Waals surface area contributed by atoms with Crippen molar-refractivity contribution in [2.75, 3.05) is 0 Å². The van der Waals surface area contributed by atoms with Crippen LogP contribution >= 0.6 is 38.5 Å². The van der Waals surface area contributed by atoms with E-state index in [0.29, 0.717) is 5.56 Å². The molecule has 1 aromatic heterocycles. The normalized spacial score (nSPS) is 12.5. The van der Waals surface area contributed by atoms with Crippen molar-refractivity contribution in [1.29, 1.82) is 0 Å². The largest absolute Gasteiger partial charge is 0.320 e. The van der Waals surface area contributed by atoms with E-state index in [1.165, 1.54) is 6.20 Å². The number of aromatic nitrogens is 1. The number of hydrogen-bond acceptors (Lipinski definition) is 2. The van der Waals surface area contributed by atoms with E-state index in [0.717, 1.165) is 13.6 Å². The van der Waals surface area contributed by atoms with Gasteiger partial charge in [-0.3, -0.25) is 4.98 Å². The molecule has 88 valence electrons. The minimum atomic E-state index is -0.484. The Morgan fingerprint density at radius 2 is 2.06 bits per heavy atom. The fourth-order valence-corrected chi connectivity index (χ4v) is 2.61. The molecule has 0 aliphatic carbocycles. The summed E-state index contributed by atoms with van der Waals surface area (Å²) in [5.41, 5.74) is 7.44. The van der Waals surface area contributed by atoms with Gasteiger partial charge in [-0.15, -0.1) is 0 Å². The maximum Gasteiger partial charge on any atom is 0.146 e. The van der Waals surface area contributed by atoms with Crippen LogP contribution in [0.5, 0.6) is 0 Å². The molecule has 0 bridgehead atoms. The van der Waals surface area contributed by atoms with Crippen LogP contribution in [0.1, 0.15) is 17.2 Å². The zero-order valence-corrected chi connectivity index (χ0v) is 12.4. The Bertz CT molecular complexity index is 548. The first-order valence-electron chi connectivity index (χ1n) is 4.89. The molecule has 0 saturated heterocycles. The average molecular weight is 407 g/mol. The van der Waals surface area contributed by atoms with E-state index in [1.54, 1.807) is 12.3 Å². The van der Waals surface area contributed by atoms with Gasteiger partial charge in [-0.2, -0.15) is 0 Å². The van der Waals surface area contributed by atoms with E-state index < -0.39 is 6.04 Å². The minimum absolute atomic E-state index is 0.379. The molecule has 2 rings (SSSR count). The SMILES string of the molecule is NC(c1ccncc1F)c1cc(Br)ccc1I. The molecule has 2 N–H and O–H groups in total. The van der Waals surface area contributed by atoms with Gasteiger partial charge >= 0.3 is 0 Å². The third-order valence-corrected chi connectivity index (χ3v) is 3.91. The van der Waals surface area contributed by atoms with Gasteiger partial charge in [0.1, 0.15) is 5.82 Å².